The maximum absolute atomic E-state index is 12.4. The molecule has 1 aliphatic heterocycles. The van der Waals surface area contributed by atoms with E-state index in [1.807, 2.05) is 18.2 Å². The van der Waals surface area contributed by atoms with Crippen molar-refractivity contribution in [3.63, 3.8) is 0 Å². The molecule has 1 saturated heterocycles. The quantitative estimate of drug-likeness (QED) is 0.855. The maximum atomic E-state index is 12.4. The molecule has 0 saturated carbocycles. The van der Waals surface area contributed by atoms with Gasteiger partial charge in [-0.05, 0) is 45.2 Å². The van der Waals surface area contributed by atoms with Crippen molar-refractivity contribution in [3.05, 3.63) is 34.3 Å². The number of carboxylic acid groups (broad SMARTS) is 1. The third-order valence-corrected chi connectivity index (χ3v) is 4.54. The van der Waals surface area contributed by atoms with E-state index in [9.17, 15) is 14.7 Å². The number of carbonyl (C=O) groups excluding carboxylic acids is 1. The molecule has 0 unspecified atom stereocenters. The Balaban J connectivity index is 2.30. The number of carboxylic acids is 1. The van der Waals surface area contributed by atoms with Crippen LogP contribution in [0, 0.1) is 0 Å². The number of aliphatic carboxylic acids is 1. The Labute approximate surface area is 144 Å². The van der Waals surface area contributed by atoms with Gasteiger partial charge in [-0.2, -0.15) is 0 Å². The molecule has 0 aliphatic carbocycles. The van der Waals surface area contributed by atoms with Crippen molar-refractivity contribution >= 4 is 28.0 Å². The minimum atomic E-state index is -0.933. The van der Waals surface area contributed by atoms with Crippen molar-refractivity contribution in [2.45, 2.75) is 51.2 Å². The molecule has 0 spiro atoms. The topological polar surface area (TPSA) is 66.8 Å². The highest BCUT2D eigenvalue weighted by Crippen LogP contribution is 2.35. The Morgan fingerprint density at radius 3 is 2.57 bits per heavy atom. The van der Waals surface area contributed by atoms with Crippen molar-refractivity contribution in [1.29, 1.82) is 0 Å². The zero-order valence-electron chi connectivity index (χ0n) is 13.6. The maximum Gasteiger partial charge on any atom is 0.410 e. The normalized spacial score (nSPS) is 19.5. The van der Waals surface area contributed by atoms with Crippen molar-refractivity contribution < 1.29 is 19.4 Å². The molecule has 1 N–H and O–H groups in total. The third-order valence-electron chi connectivity index (χ3n) is 3.82. The fourth-order valence-electron chi connectivity index (χ4n) is 2.92. The Morgan fingerprint density at radius 2 is 2.00 bits per heavy atom. The van der Waals surface area contributed by atoms with Crippen molar-refractivity contribution in [1.82, 2.24) is 4.90 Å². The number of halogens is 1. The highest BCUT2D eigenvalue weighted by Gasteiger charge is 2.41. The average molecular weight is 384 g/mol. The first kappa shape index (κ1) is 17.8. The van der Waals surface area contributed by atoms with Gasteiger partial charge in [-0.1, -0.05) is 34.1 Å². The van der Waals surface area contributed by atoms with Gasteiger partial charge in [0, 0.05) is 11.0 Å². The highest BCUT2D eigenvalue weighted by atomic mass is 79.9. The molecular weight excluding hydrogens is 362 g/mol. The lowest BCUT2D eigenvalue weighted by Gasteiger charge is -2.32. The SMILES string of the molecule is CC(C)(C)OC(=O)N1CCC[C@H]1[C@H](C(=O)O)c1ccccc1Br. The van der Waals surface area contributed by atoms with E-state index in [0.29, 0.717) is 18.5 Å². The molecule has 0 radical (unpaired) electrons. The minimum absolute atomic E-state index is 0.402. The van der Waals surface area contributed by atoms with Crippen LogP contribution in [-0.2, 0) is 9.53 Å². The summed E-state index contributed by atoms with van der Waals surface area (Å²) in [4.78, 5) is 25.9. The summed E-state index contributed by atoms with van der Waals surface area (Å²) in [5.74, 6) is -1.71. The summed E-state index contributed by atoms with van der Waals surface area (Å²) in [6.07, 6.45) is 0.980. The molecule has 1 fully saturated rings. The monoisotopic (exact) mass is 383 g/mol. The fourth-order valence-corrected chi connectivity index (χ4v) is 3.45. The summed E-state index contributed by atoms with van der Waals surface area (Å²) in [5, 5.41) is 9.74. The van der Waals surface area contributed by atoms with E-state index in [-0.39, 0.29) is 0 Å². The second-order valence-corrected chi connectivity index (χ2v) is 7.58. The molecule has 2 rings (SSSR count). The van der Waals surface area contributed by atoms with Gasteiger partial charge < -0.3 is 14.7 Å². The molecule has 1 aliphatic rings. The van der Waals surface area contributed by atoms with Crippen LogP contribution in [0.1, 0.15) is 45.1 Å². The smallest absolute Gasteiger partial charge is 0.410 e. The molecule has 1 heterocycles. The van der Waals surface area contributed by atoms with E-state index in [1.54, 1.807) is 31.7 Å². The number of benzene rings is 1. The second-order valence-electron chi connectivity index (χ2n) is 6.72. The van der Waals surface area contributed by atoms with E-state index >= 15 is 0 Å². The molecule has 5 nitrogen and oxygen atoms in total. The Bertz CT molecular complexity index is 597. The first-order valence-electron chi connectivity index (χ1n) is 7.67. The van der Waals surface area contributed by atoms with E-state index in [2.05, 4.69) is 15.9 Å². The number of ether oxygens (including phenoxy) is 1. The van der Waals surface area contributed by atoms with Gasteiger partial charge >= 0.3 is 12.1 Å². The molecule has 1 amide bonds. The van der Waals surface area contributed by atoms with Gasteiger partial charge in [-0.15, -0.1) is 0 Å². The molecule has 126 valence electrons. The lowest BCUT2D eigenvalue weighted by atomic mass is 9.90. The van der Waals surface area contributed by atoms with Crippen LogP contribution in [0.15, 0.2) is 28.7 Å². The number of hydrogen-bond donors (Lipinski definition) is 1. The summed E-state index contributed by atoms with van der Waals surface area (Å²) >= 11 is 3.42. The molecular formula is C17H22BrNO4. The van der Waals surface area contributed by atoms with Crippen LogP contribution in [0.4, 0.5) is 4.79 Å². The summed E-state index contributed by atoms with van der Waals surface area (Å²) in [5.41, 5.74) is 0.0801. The first-order chi connectivity index (χ1) is 10.7. The first-order valence-corrected chi connectivity index (χ1v) is 8.47. The minimum Gasteiger partial charge on any atom is -0.481 e. The third kappa shape index (κ3) is 4.25. The fraction of sp³-hybridized carbons (Fsp3) is 0.529. The molecule has 2 atom stereocenters. The lowest BCUT2D eigenvalue weighted by Crippen LogP contribution is -2.44. The summed E-state index contributed by atoms with van der Waals surface area (Å²) in [6, 6.07) is 6.85. The Hall–Kier alpha value is -1.56. The van der Waals surface area contributed by atoms with Crippen LogP contribution in [0.5, 0.6) is 0 Å². The number of nitrogens with zero attached hydrogens (tertiary/aromatic N) is 1. The molecule has 6 heteroatoms. The van der Waals surface area contributed by atoms with Gasteiger partial charge in [0.2, 0.25) is 0 Å². The zero-order chi connectivity index (χ0) is 17.2. The van der Waals surface area contributed by atoms with Gasteiger partial charge in [0.05, 0.1) is 6.04 Å². The molecule has 0 bridgehead atoms. The van der Waals surface area contributed by atoms with Crippen LogP contribution in [0.2, 0.25) is 0 Å². The van der Waals surface area contributed by atoms with Crippen LogP contribution in [0.25, 0.3) is 0 Å². The van der Waals surface area contributed by atoms with Gasteiger partial charge in [0.15, 0.2) is 0 Å². The lowest BCUT2D eigenvalue weighted by molar-refractivity contribution is -0.140. The van der Waals surface area contributed by atoms with E-state index < -0.39 is 29.6 Å². The summed E-state index contributed by atoms with van der Waals surface area (Å²) < 4.78 is 6.17. The van der Waals surface area contributed by atoms with E-state index in [4.69, 9.17) is 4.74 Å². The van der Waals surface area contributed by atoms with Crippen molar-refractivity contribution in [2.24, 2.45) is 0 Å². The second kappa shape index (κ2) is 6.91. The van der Waals surface area contributed by atoms with Crippen LogP contribution >= 0.6 is 15.9 Å². The molecule has 1 aromatic rings. The van der Waals surface area contributed by atoms with Gasteiger partial charge in [-0.3, -0.25) is 4.79 Å². The van der Waals surface area contributed by atoms with Crippen LogP contribution in [-0.4, -0.2) is 40.3 Å². The van der Waals surface area contributed by atoms with Crippen molar-refractivity contribution in [3.8, 4) is 0 Å². The predicted octanol–water partition coefficient (Wildman–Crippen LogP) is 4.02. The van der Waals surface area contributed by atoms with Crippen LogP contribution < -0.4 is 0 Å². The van der Waals surface area contributed by atoms with Gasteiger partial charge in [-0.25, -0.2) is 4.79 Å². The number of amides is 1. The predicted molar refractivity (Wildman–Crippen MR) is 90.5 cm³/mol. The van der Waals surface area contributed by atoms with Gasteiger partial charge in [0.25, 0.3) is 0 Å². The number of rotatable bonds is 3. The van der Waals surface area contributed by atoms with E-state index in [1.165, 1.54) is 0 Å². The standard InChI is InChI=1S/C17H22BrNO4/c1-17(2,3)23-16(22)19-10-6-9-13(19)14(15(20)21)11-7-4-5-8-12(11)18/h4-5,7-8,13-14H,6,9-10H2,1-3H3,(H,20,21)/t13-,14+/m0/s1. The number of likely N-dealkylation sites (tertiary alicyclic amines) is 1. The van der Waals surface area contributed by atoms with Crippen LogP contribution in [0.3, 0.4) is 0 Å². The van der Waals surface area contributed by atoms with Gasteiger partial charge in [0.1, 0.15) is 11.5 Å². The summed E-state index contributed by atoms with van der Waals surface area (Å²) in [7, 11) is 0. The summed E-state index contributed by atoms with van der Waals surface area (Å²) in [6.45, 7) is 5.93. The molecule has 1 aromatic carbocycles. The Morgan fingerprint density at radius 1 is 1.35 bits per heavy atom. The molecule has 0 aromatic heterocycles. The average Bonchev–Trinajstić information content (AvgIpc) is 2.88. The Kier molecular flexibility index (Phi) is 5.34. The number of carbonyl (C=O) groups is 2. The molecule has 23 heavy (non-hydrogen) atoms. The van der Waals surface area contributed by atoms with Crippen molar-refractivity contribution in [2.75, 3.05) is 6.54 Å². The van der Waals surface area contributed by atoms with E-state index in [0.717, 1.165) is 10.9 Å². The zero-order valence-corrected chi connectivity index (χ0v) is 15.2. The highest BCUT2D eigenvalue weighted by molar-refractivity contribution is 9.10. The largest absolute Gasteiger partial charge is 0.481 e. The number of hydrogen-bond acceptors (Lipinski definition) is 3.